The highest BCUT2D eigenvalue weighted by Crippen LogP contribution is 2.32. The van der Waals surface area contributed by atoms with Crippen LogP contribution in [0.2, 0.25) is 5.02 Å². The van der Waals surface area contributed by atoms with Crippen LogP contribution in [0.3, 0.4) is 0 Å². The van der Waals surface area contributed by atoms with Crippen LogP contribution in [0, 0.1) is 17.6 Å². The van der Waals surface area contributed by atoms with E-state index in [2.05, 4.69) is 15.4 Å². The predicted octanol–water partition coefficient (Wildman–Crippen LogP) is 3.89. The maximum Gasteiger partial charge on any atom is 0.261 e. The Kier molecular flexibility index (Phi) is 6.62. The Balaban J connectivity index is 1.60. The molecule has 4 rings (SSSR count). The highest BCUT2D eigenvalue weighted by molar-refractivity contribution is 6.34. The number of rotatable bonds is 7. The molecule has 10 heteroatoms. The number of fused-ring (bicyclic) bond motifs is 1. The molecule has 0 radical (unpaired) electrons. The second-order valence-corrected chi connectivity index (χ2v) is 8.68. The summed E-state index contributed by atoms with van der Waals surface area (Å²) in [6, 6.07) is 5.17. The van der Waals surface area contributed by atoms with Gasteiger partial charge in [0.05, 0.1) is 53.6 Å². The number of carbonyl (C=O) groups excluding carboxylic acids is 1. The number of carbonyl (C=O) groups is 1. The topological polar surface area (TPSA) is 83.3 Å². The minimum absolute atomic E-state index is 0.0644. The molecular weight excluding hydrogens is 452 g/mol. The molecule has 0 fully saturated rings. The molecule has 0 spiro atoms. The highest BCUT2D eigenvalue weighted by atomic mass is 35.5. The summed E-state index contributed by atoms with van der Waals surface area (Å²) in [7, 11) is 0. The summed E-state index contributed by atoms with van der Waals surface area (Å²) in [6.45, 7) is 4.10. The molecule has 7 nitrogen and oxygen atoms in total. The first-order valence-corrected chi connectivity index (χ1v) is 11.0. The number of aliphatic hydroxyl groups excluding tert-OH is 1. The van der Waals surface area contributed by atoms with E-state index in [1.165, 1.54) is 40.2 Å². The largest absolute Gasteiger partial charge is 0.394 e. The number of nitrogens with one attached hydrogen (secondary N) is 1. The number of nitrogens with zero attached hydrogens (tertiary/aromatic N) is 4. The predicted molar refractivity (Wildman–Crippen MR) is 122 cm³/mol. The summed E-state index contributed by atoms with van der Waals surface area (Å²) >= 11 is 6.36. The highest BCUT2D eigenvalue weighted by Gasteiger charge is 2.31. The molecule has 3 aromatic rings. The third kappa shape index (κ3) is 4.56. The monoisotopic (exact) mass is 475 g/mol. The van der Waals surface area contributed by atoms with Gasteiger partial charge >= 0.3 is 0 Å². The summed E-state index contributed by atoms with van der Waals surface area (Å²) in [5, 5.41) is 17.3. The SMILES string of the molecule is CC(C)[C@@H](CO)Nc1cc(N2CCc3c(cnn3Cc3c(F)cccc3F)C2=O)c(Cl)cn1. The number of halogens is 3. The Morgan fingerprint density at radius 2 is 1.97 bits per heavy atom. The molecule has 1 aliphatic rings. The molecule has 1 aliphatic heterocycles. The van der Waals surface area contributed by atoms with Crippen LogP contribution in [0.4, 0.5) is 20.3 Å². The zero-order chi connectivity index (χ0) is 23.7. The van der Waals surface area contributed by atoms with Crippen LogP contribution in [0.25, 0.3) is 0 Å². The zero-order valence-electron chi connectivity index (χ0n) is 18.2. The second-order valence-electron chi connectivity index (χ2n) is 8.27. The summed E-state index contributed by atoms with van der Waals surface area (Å²) in [5.41, 5.74) is 1.35. The molecule has 2 aromatic heterocycles. The van der Waals surface area contributed by atoms with Gasteiger partial charge in [-0.3, -0.25) is 9.48 Å². The molecule has 0 aliphatic carbocycles. The Bertz CT molecular complexity index is 1160. The number of amides is 1. The maximum absolute atomic E-state index is 14.1. The Morgan fingerprint density at radius 1 is 1.24 bits per heavy atom. The third-order valence-electron chi connectivity index (χ3n) is 5.83. The van der Waals surface area contributed by atoms with Crippen molar-refractivity contribution in [1.29, 1.82) is 0 Å². The van der Waals surface area contributed by atoms with Crippen molar-refractivity contribution < 1.29 is 18.7 Å². The van der Waals surface area contributed by atoms with E-state index < -0.39 is 11.6 Å². The van der Waals surface area contributed by atoms with Gasteiger partial charge in [0, 0.05) is 24.6 Å². The van der Waals surface area contributed by atoms with Gasteiger partial charge in [0.25, 0.3) is 5.91 Å². The van der Waals surface area contributed by atoms with Crippen LogP contribution < -0.4 is 10.2 Å². The van der Waals surface area contributed by atoms with Crippen molar-refractivity contribution in [2.45, 2.75) is 32.9 Å². The van der Waals surface area contributed by atoms with Gasteiger partial charge in [0.2, 0.25) is 0 Å². The van der Waals surface area contributed by atoms with Crippen LogP contribution in [0.1, 0.15) is 35.5 Å². The fraction of sp³-hybridized carbons (Fsp3) is 0.348. The van der Waals surface area contributed by atoms with Gasteiger partial charge in [0.15, 0.2) is 0 Å². The number of benzene rings is 1. The van der Waals surface area contributed by atoms with Gasteiger partial charge < -0.3 is 15.3 Å². The van der Waals surface area contributed by atoms with E-state index in [1.807, 2.05) is 13.8 Å². The van der Waals surface area contributed by atoms with Crippen molar-refractivity contribution >= 4 is 29.0 Å². The van der Waals surface area contributed by atoms with Gasteiger partial charge in [0.1, 0.15) is 17.5 Å². The van der Waals surface area contributed by atoms with Crippen molar-refractivity contribution in [1.82, 2.24) is 14.8 Å². The minimum Gasteiger partial charge on any atom is -0.394 e. The summed E-state index contributed by atoms with van der Waals surface area (Å²) in [4.78, 5) is 19.1. The zero-order valence-corrected chi connectivity index (χ0v) is 19.0. The average molecular weight is 476 g/mol. The Labute approximate surface area is 195 Å². The van der Waals surface area contributed by atoms with Crippen LogP contribution >= 0.6 is 11.6 Å². The second kappa shape index (κ2) is 9.44. The summed E-state index contributed by atoms with van der Waals surface area (Å²) < 4.78 is 29.6. The van der Waals surface area contributed by atoms with E-state index in [0.29, 0.717) is 40.8 Å². The van der Waals surface area contributed by atoms with Crippen molar-refractivity contribution in [3.63, 3.8) is 0 Å². The van der Waals surface area contributed by atoms with Crippen molar-refractivity contribution in [3.05, 3.63) is 70.1 Å². The number of hydrogen-bond donors (Lipinski definition) is 2. The molecule has 33 heavy (non-hydrogen) atoms. The van der Waals surface area contributed by atoms with E-state index in [-0.39, 0.29) is 36.6 Å². The van der Waals surface area contributed by atoms with E-state index in [9.17, 15) is 18.7 Å². The standard InChI is InChI=1S/C23H24ClF2N5O2/c1-13(2)19(12-32)29-22-8-21(16(24)10-27-22)30-7-6-20-14(23(30)33)9-28-31(20)11-15-17(25)4-3-5-18(15)26/h3-5,8-10,13,19,32H,6-7,11-12H2,1-2H3,(H,27,29)/t19-/m1/s1. The number of pyridine rings is 1. The third-order valence-corrected chi connectivity index (χ3v) is 6.12. The molecule has 1 aromatic carbocycles. The number of aliphatic hydroxyl groups is 1. The van der Waals surface area contributed by atoms with E-state index in [1.54, 1.807) is 6.07 Å². The lowest BCUT2D eigenvalue weighted by molar-refractivity contribution is 0.0980. The van der Waals surface area contributed by atoms with Crippen molar-refractivity contribution in [2.75, 3.05) is 23.4 Å². The minimum atomic E-state index is -0.658. The molecule has 0 saturated carbocycles. The lowest BCUT2D eigenvalue weighted by Crippen LogP contribution is -2.38. The number of hydrogen-bond acceptors (Lipinski definition) is 5. The molecule has 174 valence electrons. The van der Waals surface area contributed by atoms with Gasteiger partial charge in [-0.25, -0.2) is 13.8 Å². The maximum atomic E-state index is 14.1. The first-order valence-electron chi connectivity index (χ1n) is 10.6. The van der Waals surface area contributed by atoms with Gasteiger partial charge in [-0.1, -0.05) is 31.5 Å². The first-order chi connectivity index (χ1) is 15.8. The Hall–Kier alpha value is -3.04. The molecule has 3 heterocycles. The fourth-order valence-electron chi connectivity index (χ4n) is 3.84. The Morgan fingerprint density at radius 3 is 2.64 bits per heavy atom. The van der Waals surface area contributed by atoms with Crippen LogP contribution in [0.15, 0.2) is 36.7 Å². The summed E-state index contributed by atoms with van der Waals surface area (Å²) in [6.07, 6.45) is 3.31. The van der Waals surface area contributed by atoms with E-state index >= 15 is 0 Å². The van der Waals surface area contributed by atoms with E-state index in [4.69, 9.17) is 11.6 Å². The molecule has 1 atom stereocenters. The van der Waals surface area contributed by atoms with Gasteiger partial charge in [-0.15, -0.1) is 0 Å². The fourth-order valence-corrected chi connectivity index (χ4v) is 4.05. The molecular formula is C23H24ClF2N5O2. The smallest absolute Gasteiger partial charge is 0.261 e. The lowest BCUT2D eigenvalue weighted by Gasteiger charge is -2.29. The van der Waals surface area contributed by atoms with Gasteiger partial charge in [-0.2, -0.15) is 5.10 Å². The van der Waals surface area contributed by atoms with Crippen LogP contribution in [0.5, 0.6) is 0 Å². The molecule has 0 unspecified atom stereocenters. The first kappa shape index (κ1) is 23.1. The molecule has 1 amide bonds. The van der Waals surface area contributed by atoms with Crippen molar-refractivity contribution in [3.8, 4) is 0 Å². The lowest BCUT2D eigenvalue weighted by atomic mass is 10.1. The van der Waals surface area contributed by atoms with Crippen LogP contribution in [-0.4, -0.2) is 45.0 Å². The average Bonchev–Trinajstić information content (AvgIpc) is 3.19. The summed E-state index contributed by atoms with van der Waals surface area (Å²) in [5.74, 6) is -0.965. The van der Waals surface area contributed by atoms with Gasteiger partial charge in [-0.05, 0) is 18.1 Å². The number of anilines is 2. The normalized spacial score (nSPS) is 14.5. The molecule has 0 bridgehead atoms. The molecule has 0 saturated heterocycles. The van der Waals surface area contributed by atoms with Crippen LogP contribution in [-0.2, 0) is 13.0 Å². The van der Waals surface area contributed by atoms with E-state index in [0.717, 1.165) is 0 Å². The van der Waals surface area contributed by atoms with Crippen molar-refractivity contribution in [2.24, 2.45) is 5.92 Å². The number of aromatic nitrogens is 3. The quantitative estimate of drug-likeness (QED) is 0.541. The molecule has 2 N–H and O–H groups in total.